The van der Waals surface area contributed by atoms with Crippen LogP contribution >= 0.6 is 0 Å². The molecular weight excluding hydrogens is 246 g/mol. The predicted octanol–water partition coefficient (Wildman–Crippen LogP) is 1.64. The second-order valence-electron chi connectivity index (χ2n) is 4.25. The Morgan fingerprint density at radius 2 is 2.11 bits per heavy atom. The molecule has 1 saturated heterocycles. The zero-order chi connectivity index (χ0) is 13.8. The number of carbonyl (C=O) groups is 2. The summed E-state index contributed by atoms with van der Waals surface area (Å²) in [7, 11) is 0. The monoisotopic (exact) mass is 261 g/mol. The van der Waals surface area contributed by atoms with Crippen LogP contribution in [0.2, 0.25) is 0 Å². The number of ether oxygens (including phenoxy) is 1. The Bertz CT molecular complexity index is 497. The second-order valence-corrected chi connectivity index (χ2v) is 4.25. The molecule has 2 amide bonds. The highest BCUT2D eigenvalue weighted by Gasteiger charge is 2.42. The Balaban J connectivity index is 2.19. The lowest BCUT2D eigenvalue weighted by molar-refractivity contribution is -0.124. The molecule has 1 heterocycles. The Labute approximate surface area is 111 Å². The topological polar surface area (TPSA) is 66.8 Å². The Hall–Kier alpha value is -2.14. The molecule has 1 fully saturated rings. The van der Waals surface area contributed by atoms with Crippen molar-refractivity contribution in [1.82, 2.24) is 4.90 Å². The largest absolute Gasteiger partial charge is 0.439 e. The van der Waals surface area contributed by atoms with Gasteiger partial charge in [0.2, 0.25) is 0 Å². The minimum absolute atomic E-state index is 0.245. The van der Waals surface area contributed by atoms with Gasteiger partial charge >= 0.3 is 6.09 Å². The molecule has 0 aliphatic carbocycles. The van der Waals surface area contributed by atoms with Crippen LogP contribution in [0.4, 0.5) is 4.79 Å². The zero-order valence-electron chi connectivity index (χ0n) is 10.5. The number of hydrogen-bond donors (Lipinski definition) is 1. The van der Waals surface area contributed by atoms with Gasteiger partial charge in [-0.15, -0.1) is 0 Å². The molecule has 1 aromatic carbocycles. The van der Waals surface area contributed by atoms with Gasteiger partial charge in [0, 0.05) is 6.08 Å². The molecule has 2 rings (SSSR count). The molecule has 1 aliphatic rings. The minimum Gasteiger partial charge on any atom is -0.439 e. The van der Waals surface area contributed by atoms with Crippen molar-refractivity contribution in [3.05, 3.63) is 48.0 Å². The molecule has 0 radical (unpaired) electrons. The molecule has 0 aromatic heterocycles. The van der Waals surface area contributed by atoms with Gasteiger partial charge in [-0.2, -0.15) is 0 Å². The van der Waals surface area contributed by atoms with Gasteiger partial charge in [0.05, 0.1) is 12.6 Å². The first-order valence-corrected chi connectivity index (χ1v) is 6.01. The molecule has 0 bridgehead atoms. The average Bonchev–Trinajstić information content (AvgIpc) is 2.72. The molecule has 1 N–H and O–H groups in total. The highest BCUT2D eigenvalue weighted by Crippen LogP contribution is 2.32. The van der Waals surface area contributed by atoms with Crippen LogP contribution < -0.4 is 0 Å². The number of hydrogen-bond acceptors (Lipinski definition) is 4. The highest BCUT2D eigenvalue weighted by molar-refractivity contribution is 6.00. The van der Waals surface area contributed by atoms with Crippen molar-refractivity contribution in [2.45, 2.75) is 19.1 Å². The molecule has 0 saturated carbocycles. The molecule has 1 aromatic rings. The van der Waals surface area contributed by atoms with E-state index in [0.29, 0.717) is 0 Å². The van der Waals surface area contributed by atoms with Crippen LogP contribution in [0.15, 0.2) is 42.5 Å². The number of benzene rings is 1. The zero-order valence-corrected chi connectivity index (χ0v) is 10.5. The molecule has 5 heteroatoms. The summed E-state index contributed by atoms with van der Waals surface area (Å²) in [6, 6.07) is 8.90. The molecule has 100 valence electrons. The summed E-state index contributed by atoms with van der Waals surface area (Å²) >= 11 is 0. The quantitative estimate of drug-likeness (QED) is 0.840. The molecule has 5 nitrogen and oxygen atoms in total. The van der Waals surface area contributed by atoms with Gasteiger partial charge in [-0.1, -0.05) is 36.4 Å². The number of aliphatic hydroxyl groups is 1. The third-order valence-electron chi connectivity index (χ3n) is 3.00. The van der Waals surface area contributed by atoms with E-state index in [4.69, 9.17) is 9.84 Å². The van der Waals surface area contributed by atoms with E-state index in [-0.39, 0.29) is 12.6 Å². The number of amides is 2. The van der Waals surface area contributed by atoms with Crippen molar-refractivity contribution < 1.29 is 19.4 Å². The molecule has 0 spiro atoms. The third-order valence-corrected chi connectivity index (χ3v) is 3.00. The summed E-state index contributed by atoms with van der Waals surface area (Å²) in [5.74, 6) is -0.481. The van der Waals surface area contributed by atoms with Crippen LogP contribution in [-0.2, 0) is 9.53 Å². The van der Waals surface area contributed by atoms with E-state index >= 15 is 0 Å². The number of rotatable bonds is 3. The van der Waals surface area contributed by atoms with E-state index in [1.165, 1.54) is 12.2 Å². The van der Waals surface area contributed by atoms with Crippen molar-refractivity contribution in [3.63, 3.8) is 0 Å². The summed E-state index contributed by atoms with van der Waals surface area (Å²) in [5.41, 5.74) is 0.852. The Morgan fingerprint density at radius 1 is 1.42 bits per heavy atom. The fraction of sp³-hybridized carbons (Fsp3) is 0.286. The molecule has 19 heavy (non-hydrogen) atoms. The number of cyclic esters (lactones) is 1. The van der Waals surface area contributed by atoms with Crippen LogP contribution in [0.1, 0.15) is 18.6 Å². The fourth-order valence-electron chi connectivity index (χ4n) is 2.08. The lowest BCUT2D eigenvalue weighted by Crippen LogP contribution is -2.36. The van der Waals surface area contributed by atoms with E-state index < -0.39 is 18.1 Å². The van der Waals surface area contributed by atoms with Crippen molar-refractivity contribution in [2.24, 2.45) is 0 Å². The van der Waals surface area contributed by atoms with Gasteiger partial charge < -0.3 is 9.84 Å². The second kappa shape index (κ2) is 5.67. The molecule has 1 aliphatic heterocycles. The third kappa shape index (κ3) is 2.66. The van der Waals surface area contributed by atoms with Gasteiger partial charge in [-0.3, -0.25) is 4.79 Å². The van der Waals surface area contributed by atoms with E-state index in [2.05, 4.69) is 0 Å². The van der Waals surface area contributed by atoms with E-state index in [1.807, 2.05) is 30.3 Å². The molecule has 0 unspecified atom stereocenters. The van der Waals surface area contributed by atoms with Gasteiger partial charge in [0.15, 0.2) is 0 Å². The van der Waals surface area contributed by atoms with Crippen LogP contribution in [0, 0.1) is 0 Å². The highest BCUT2D eigenvalue weighted by atomic mass is 16.6. The maximum Gasteiger partial charge on any atom is 0.417 e. The van der Waals surface area contributed by atoms with Crippen LogP contribution in [0.5, 0.6) is 0 Å². The van der Waals surface area contributed by atoms with E-state index in [1.54, 1.807) is 6.92 Å². The van der Waals surface area contributed by atoms with Crippen molar-refractivity contribution in [3.8, 4) is 0 Å². The Kier molecular flexibility index (Phi) is 3.97. The normalized spacial score (nSPS) is 22.8. The SMILES string of the molecule is C[C@@H]1[C@@H](c2ccccc2)OC(=O)N1C(=O)/C=C/CO. The lowest BCUT2D eigenvalue weighted by atomic mass is 10.0. The summed E-state index contributed by atoms with van der Waals surface area (Å²) in [6.45, 7) is 1.51. The lowest BCUT2D eigenvalue weighted by Gasteiger charge is -2.17. The van der Waals surface area contributed by atoms with Crippen LogP contribution in [-0.4, -0.2) is 34.7 Å². The van der Waals surface area contributed by atoms with E-state index in [9.17, 15) is 9.59 Å². The van der Waals surface area contributed by atoms with Gasteiger partial charge in [0.1, 0.15) is 6.10 Å². The van der Waals surface area contributed by atoms with E-state index in [0.717, 1.165) is 10.5 Å². The van der Waals surface area contributed by atoms with Gasteiger partial charge in [0.25, 0.3) is 5.91 Å². The number of aliphatic hydroxyl groups excluding tert-OH is 1. The standard InChI is InChI=1S/C14H15NO4/c1-10-13(11-6-3-2-4-7-11)19-14(18)15(10)12(17)8-5-9-16/h2-8,10,13,16H,9H2,1H3/b8-5+/t10-,13+/m1/s1. The summed E-state index contributed by atoms with van der Waals surface area (Å²) in [6.07, 6.45) is 1.35. The van der Waals surface area contributed by atoms with Crippen molar-refractivity contribution >= 4 is 12.0 Å². The van der Waals surface area contributed by atoms with Crippen molar-refractivity contribution in [2.75, 3.05) is 6.61 Å². The van der Waals surface area contributed by atoms with Crippen LogP contribution in [0.3, 0.4) is 0 Å². The smallest absolute Gasteiger partial charge is 0.417 e. The van der Waals surface area contributed by atoms with Crippen molar-refractivity contribution in [1.29, 1.82) is 0 Å². The predicted molar refractivity (Wildman–Crippen MR) is 68.2 cm³/mol. The fourth-order valence-corrected chi connectivity index (χ4v) is 2.08. The van der Waals surface area contributed by atoms with Gasteiger partial charge in [-0.05, 0) is 12.5 Å². The first-order valence-electron chi connectivity index (χ1n) is 6.01. The molecular formula is C14H15NO4. The first kappa shape index (κ1) is 13.3. The summed E-state index contributed by atoms with van der Waals surface area (Å²) < 4.78 is 5.24. The number of carbonyl (C=O) groups excluding carboxylic acids is 2. The molecule has 2 atom stereocenters. The minimum atomic E-state index is -0.658. The Morgan fingerprint density at radius 3 is 2.74 bits per heavy atom. The average molecular weight is 261 g/mol. The summed E-state index contributed by atoms with van der Waals surface area (Å²) in [5, 5.41) is 8.65. The maximum atomic E-state index is 11.8. The van der Waals surface area contributed by atoms with Crippen LogP contribution in [0.25, 0.3) is 0 Å². The maximum absolute atomic E-state index is 11.8. The number of nitrogens with zero attached hydrogens (tertiary/aromatic N) is 1. The first-order chi connectivity index (χ1) is 9.15. The number of imide groups is 1. The van der Waals surface area contributed by atoms with Gasteiger partial charge in [-0.25, -0.2) is 9.69 Å². The summed E-state index contributed by atoms with van der Waals surface area (Å²) in [4.78, 5) is 24.6.